The van der Waals surface area contributed by atoms with Gasteiger partial charge in [-0.3, -0.25) is 0 Å². The van der Waals surface area contributed by atoms with E-state index < -0.39 is 0 Å². The molecule has 0 fully saturated rings. The molecule has 0 aromatic carbocycles. The van der Waals surface area contributed by atoms with Crippen molar-refractivity contribution in [1.29, 1.82) is 0 Å². The van der Waals surface area contributed by atoms with Crippen molar-refractivity contribution in [3.8, 4) is 0 Å². The van der Waals surface area contributed by atoms with Gasteiger partial charge < -0.3 is 0 Å². The van der Waals surface area contributed by atoms with Crippen LogP contribution in [0.4, 0.5) is 0 Å². The molecule has 0 N–H and O–H groups in total. The van der Waals surface area contributed by atoms with Crippen molar-refractivity contribution in [2.24, 2.45) is 0 Å². The quantitative estimate of drug-likeness (QED) is 0.619. The second-order valence-corrected chi connectivity index (χ2v) is 3.70. The Bertz CT molecular complexity index is 71.1. The Hall–Kier alpha value is 0.503. The Morgan fingerprint density at radius 1 is 1.20 bits per heavy atom. The zero-order valence-corrected chi connectivity index (χ0v) is 11.9. The molecule has 1 nitrogen and oxygen atoms in total. The predicted molar refractivity (Wildman–Crippen MR) is 49.2 cm³/mol. The Kier molecular flexibility index (Phi) is 5.45. The van der Waals surface area contributed by atoms with Crippen molar-refractivity contribution in [2.45, 2.75) is 52.1 Å². The monoisotopic (exact) mass is 206 g/mol. The Morgan fingerprint density at radius 2 is 1.70 bits per heavy atom. The van der Waals surface area contributed by atoms with Crippen molar-refractivity contribution in [2.75, 3.05) is 0 Å². The molecule has 0 aliphatic carbocycles. The molecule has 10 heavy (non-hydrogen) atoms. The van der Waals surface area contributed by atoms with E-state index in [1.165, 1.54) is 25.7 Å². The van der Waals surface area contributed by atoms with Crippen molar-refractivity contribution in [3.63, 3.8) is 0 Å². The van der Waals surface area contributed by atoms with E-state index >= 15 is 0 Å². The van der Waals surface area contributed by atoms with Crippen molar-refractivity contribution in [3.05, 3.63) is 0 Å². The van der Waals surface area contributed by atoms with Crippen LogP contribution >= 0.6 is 0 Å². The van der Waals surface area contributed by atoms with E-state index in [0.29, 0.717) is 16.9 Å². The van der Waals surface area contributed by atoms with Crippen LogP contribution in [-0.2, 0) is 3.76 Å². The van der Waals surface area contributed by atoms with Gasteiger partial charge >= 0.3 is 72.7 Å². The van der Waals surface area contributed by atoms with Gasteiger partial charge in [-0.15, -0.1) is 0 Å². The topological polar surface area (TPSA) is 9.23 Å². The van der Waals surface area contributed by atoms with Crippen molar-refractivity contribution < 1.29 is 3.76 Å². The first-order valence-electron chi connectivity index (χ1n) is 4.29. The first kappa shape index (κ1) is 10.5. The predicted octanol–water partition coefficient (Wildman–Crippen LogP) is 1.64. The summed E-state index contributed by atoms with van der Waals surface area (Å²) >= 11 is 0.550. The zero-order chi connectivity index (χ0) is 8.04. The van der Waals surface area contributed by atoms with Crippen LogP contribution in [0.25, 0.3) is 0 Å². The molecule has 2 heteroatoms. The van der Waals surface area contributed by atoms with Crippen LogP contribution in [0.1, 0.15) is 46.5 Å². The van der Waals surface area contributed by atoms with Crippen molar-refractivity contribution in [1.82, 2.24) is 0 Å². The van der Waals surface area contributed by atoms with Crippen LogP contribution in [-0.4, -0.2) is 22.5 Å². The summed E-state index contributed by atoms with van der Waals surface area (Å²) in [4.78, 5) is 0. The van der Waals surface area contributed by atoms with E-state index in [9.17, 15) is 0 Å². The molecule has 0 radical (unpaired) electrons. The van der Waals surface area contributed by atoms with E-state index in [4.69, 9.17) is 3.76 Å². The fourth-order valence-corrected chi connectivity index (χ4v) is 3.09. The van der Waals surface area contributed by atoms with Gasteiger partial charge in [-0.05, 0) is 0 Å². The third kappa shape index (κ3) is 2.63. The Balaban J connectivity index is 3.87. The molecule has 0 aromatic heterocycles. The molecule has 62 valence electrons. The van der Waals surface area contributed by atoms with Gasteiger partial charge in [0.15, 0.2) is 0 Å². The first-order chi connectivity index (χ1) is 4.74. The van der Waals surface area contributed by atoms with Gasteiger partial charge in [-0.1, -0.05) is 0 Å². The minimum absolute atomic E-state index is 0.259. The normalized spacial score (nSPS) is 12.3. The van der Waals surface area contributed by atoms with Gasteiger partial charge in [0.05, 0.1) is 0 Å². The molecule has 0 aromatic rings. The molecule has 0 saturated heterocycles. The summed E-state index contributed by atoms with van der Waals surface area (Å²) in [6.07, 6.45) is 4.84. The minimum atomic E-state index is 0.259. The SMILES string of the molecule is CCCC(CC)(CC)[O][GeH3]. The van der Waals surface area contributed by atoms with E-state index in [1.54, 1.807) is 0 Å². The van der Waals surface area contributed by atoms with Crippen LogP contribution < -0.4 is 0 Å². The maximum absolute atomic E-state index is 5.66. The molecule has 0 aliphatic heterocycles. The van der Waals surface area contributed by atoms with Crippen LogP contribution in [0.2, 0.25) is 0 Å². The number of hydrogen-bond donors (Lipinski definition) is 0. The summed E-state index contributed by atoms with van der Waals surface area (Å²) < 4.78 is 5.66. The summed E-state index contributed by atoms with van der Waals surface area (Å²) in [6, 6.07) is 0. The molecule has 0 bridgehead atoms. The van der Waals surface area contributed by atoms with Crippen LogP contribution in [0.5, 0.6) is 0 Å². The van der Waals surface area contributed by atoms with Gasteiger partial charge in [0.1, 0.15) is 0 Å². The molecule has 0 unspecified atom stereocenters. The van der Waals surface area contributed by atoms with E-state index in [1.807, 2.05) is 0 Å². The van der Waals surface area contributed by atoms with Gasteiger partial charge in [0, 0.05) is 0 Å². The van der Waals surface area contributed by atoms with Crippen molar-refractivity contribution >= 4 is 16.9 Å². The van der Waals surface area contributed by atoms with E-state index in [-0.39, 0.29) is 5.60 Å². The second-order valence-electron chi connectivity index (χ2n) is 2.84. The molecular weight excluding hydrogens is 185 g/mol. The van der Waals surface area contributed by atoms with Crippen LogP contribution in [0.3, 0.4) is 0 Å². The summed E-state index contributed by atoms with van der Waals surface area (Å²) in [5, 5.41) is 0. The Morgan fingerprint density at radius 3 is 1.80 bits per heavy atom. The number of rotatable bonds is 5. The van der Waals surface area contributed by atoms with Gasteiger partial charge in [-0.2, -0.15) is 0 Å². The third-order valence-corrected chi connectivity index (χ3v) is 4.24. The fourth-order valence-electron chi connectivity index (χ4n) is 1.45. The van der Waals surface area contributed by atoms with E-state index in [2.05, 4.69) is 20.8 Å². The molecular formula is C8H20GeO. The maximum atomic E-state index is 5.66. The summed E-state index contributed by atoms with van der Waals surface area (Å²) in [7, 11) is 0. The molecule has 0 amide bonds. The average molecular weight is 205 g/mol. The van der Waals surface area contributed by atoms with Crippen LogP contribution in [0, 0.1) is 0 Å². The van der Waals surface area contributed by atoms with Gasteiger partial charge in [0.2, 0.25) is 0 Å². The van der Waals surface area contributed by atoms with Crippen LogP contribution in [0.15, 0.2) is 0 Å². The standard InChI is InChI=1S/C8H20GeO/c1-4-7-8(5-2,6-3)10-9/h4-7H2,1-3,9H3. The molecule has 0 atom stereocenters. The molecule has 0 spiro atoms. The number of hydrogen-bond acceptors (Lipinski definition) is 1. The molecule has 0 saturated carbocycles. The second kappa shape index (κ2) is 5.19. The summed E-state index contributed by atoms with van der Waals surface area (Å²) in [6.45, 7) is 6.68. The van der Waals surface area contributed by atoms with E-state index in [0.717, 1.165) is 0 Å². The van der Waals surface area contributed by atoms with Gasteiger partial charge in [-0.25, -0.2) is 0 Å². The summed E-state index contributed by atoms with van der Waals surface area (Å²) in [5.41, 5.74) is 0.259. The zero-order valence-electron chi connectivity index (χ0n) is 7.74. The molecule has 0 rings (SSSR count). The fraction of sp³-hybridized carbons (Fsp3) is 1.00. The molecule has 0 aliphatic rings. The van der Waals surface area contributed by atoms with Gasteiger partial charge in [0.25, 0.3) is 0 Å². The molecule has 0 heterocycles. The third-order valence-electron chi connectivity index (χ3n) is 2.43. The Labute approximate surface area is 73.1 Å². The average Bonchev–Trinajstić information content (AvgIpc) is 2.01. The summed E-state index contributed by atoms with van der Waals surface area (Å²) in [5.74, 6) is 0. The first-order valence-corrected chi connectivity index (χ1v) is 6.01.